The van der Waals surface area contributed by atoms with E-state index in [1.165, 1.54) is 32.1 Å². The molecule has 1 aromatic rings. The lowest BCUT2D eigenvalue weighted by Gasteiger charge is -2.16. The molecule has 0 atom stereocenters. The van der Waals surface area contributed by atoms with Gasteiger partial charge in [-0.25, -0.2) is 0 Å². The standard InChI is InChI=1S/C16H26/c1-5-7-10-14-11-8-12-15(13(3)4)16(14)9-6-2/h8,11-13H,5-7,9-10H2,1-4H3. The molecule has 0 amide bonds. The summed E-state index contributed by atoms with van der Waals surface area (Å²) in [6.07, 6.45) is 6.36. The molecule has 0 heteroatoms. The highest BCUT2D eigenvalue weighted by molar-refractivity contribution is 5.37. The third-order valence-corrected chi connectivity index (χ3v) is 3.23. The number of hydrogen-bond acceptors (Lipinski definition) is 0. The van der Waals surface area contributed by atoms with Crippen LogP contribution in [-0.4, -0.2) is 0 Å². The van der Waals surface area contributed by atoms with Gasteiger partial charge in [-0.3, -0.25) is 0 Å². The van der Waals surface area contributed by atoms with Crippen molar-refractivity contribution in [1.82, 2.24) is 0 Å². The van der Waals surface area contributed by atoms with Crippen molar-refractivity contribution in [2.24, 2.45) is 0 Å². The topological polar surface area (TPSA) is 0 Å². The van der Waals surface area contributed by atoms with E-state index in [-0.39, 0.29) is 0 Å². The normalized spacial score (nSPS) is 11.1. The lowest BCUT2D eigenvalue weighted by molar-refractivity contribution is 0.762. The monoisotopic (exact) mass is 218 g/mol. The fourth-order valence-corrected chi connectivity index (χ4v) is 2.35. The average molecular weight is 218 g/mol. The minimum Gasteiger partial charge on any atom is -0.0654 e. The third-order valence-electron chi connectivity index (χ3n) is 3.23. The first-order chi connectivity index (χ1) is 7.70. The van der Waals surface area contributed by atoms with Crippen LogP contribution < -0.4 is 0 Å². The molecule has 0 aromatic heterocycles. The summed E-state index contributed by atoms with van der Waals surface area (Å²) < 4.78 is 0. The second kappa shape index (κ2) is 6.73. The maximum absolute atomic E-state index is 2.33. The van der Waals surface area contributed by atoms with Crippen molar-refractivity contribution in [2.45, 2.75) is 65.7 Å². The summed E-state index contributed by atoms with van der Waals surface area (Å²) in [6.45, 7) is 9.16. The summed E-state index contributed by atoms with van der Waals surface area (Å²) in [7, 11) is 0. The first-order valence-electron chi connectivity index (χ1n) is 6.81. The molecule has 1 aromatic carbocycles. The number of hydrogen-bond donors (Lipinski definition) is 0. The van der Waals surface area contributed by atoms with Crippen molar-refractivity contribution in [1.29, 1.82) is 0 Å². The van der Waals surface area contributed by atoms with Crippen LogP contribution in [0.1, 0.15) is 69.6 Å². The number of unbranched alkanes of at least 4 members (excludes halogenated alkanes) is 1. The van der Waals surface area contributed by atoms with E-state index in [4.69, 9.17) is 0 Å². The van der Waals surface area contributed by atoms with Crippen LogP contribution in [-0.2, 0) is 12.8 Å². The van der Waals surface area contributed by atoms with Gasteiger partial charge >= 0.3 is 0 Å². The SMILES string of the molecule is CCCCc1cccc(C(C)C)c1CCC. The van der Waals surface area contributed by atoms with E-state index in [1.54, 1.807) is 16.7 Å². The van der Waals surface area contributed by atoms with Gasteiger partial charge in [-0.05, 0) is 41.9 Å². The van der Waals surface area contributed by atoms with Gasteiger partial charge in [0.1, 0.15) is 0 Å². The molecule has 0 unspecified atom stereocenters. The van der Waals surface area contributed by atoms with E-state index in [0.717, 1.165) is 0 Å². The fraction of sp³-hybridized carbons (Fsp3) is 0.625. The second-order valence-corrected chi connectivity index (χ2v) is 4.99. The first-order valence-corrected chi connectivity index (χ1v) is 6.81. The minimum atomic E-state index is 0.656. The van der Waals surface area contributed by atoms with E-state index in [1.807, 2.05) is 0 Å². The van der Waals surface area contributed by atoms with Gasteiger partial charge in [0.15, 0.2) is 0 Å². The predicted molar refractivity (Wildman–Crippen MR) is 73.1 cm³/mol. The maximum Gasteiger partial charge on any atom is -0.0216 e. The van der Waals surface area contributed by atoms with Gasteiger partial charge < -0.3 is 0 Å². The summed E-state index contributed by atoms with van der Waals surface area (Å²) in [6, 6.07) is 6.87. The molecule has 0 aliphatic carbocycles. The zero-order valence-electron chi connectivity index (χ0n) is 11.3. The molecular weight excluding hydrogens is 192 g/mol. The second-order valence-electron chi connectivity index (χ2n) is 4.99. The van der Waals surface area contributed by atoms with E-state index in [2.05, 4.69) is 45.9 Å². The van der Waals surface area contributed by atoms with Crippen molar-refractivity contribution >= 4 is 0 Å². The Morgan fingerprint density at radius 3 is 2.31 bits per heavy atom. The van der Waals surface area contributed by atoms with Crippen molar-refractivity contribution in [3.8, 4) is 0 Å². The Balaban J connectivity index is 3.00. The van der Waals surface area contributed by atoms with Crippen molar-refractivity contribution < 1.29 is 0 Å². The van der Waals surface area contributed by atoms with Gasteiger partial charge in [0.05, 0.1) is 0 Å². The smallest absolute Gasteiger partial charge is 0.0216 e. The van der Waals surface area contributed by atoms with E-state index in [9.17, 15) is 0 Å². The Kier molecular flexibility index (Phi) is 5.59. The van der Waals surface area contributed by atoms with Gasteiger partial charge in [0.2, 0.25) is 0 Å². The highest BCUT2D eigenvalue weighted by Gasteiger charge is 2.09. The van der Waals surface area contributed by atoms with E-state index >= 15 is 0 Å². The van der Waals surface area contributed by atoms with Crippen molar-refractivity contribution in [3.63, 3.8) is 0 Å². The zero-order valence-corrected chi connectivity index (χ0v) is 11.3. The Morgan fingerprint density at radius 2 is 1.75 bits per heavy atom. The highest BCUT2D eigenvalue weighted by Crippen LogP contribution is 2.25. The molecule has 0 spiro atoms. The molecule has 16 heavy (non-hydrogen) atoms. The summed E-state index contributed by atoms with van der Waals surface area (Å²) in [5, 5.41) is 0. The van der Waals surface area contributed by atoms with Crippen molar-refractivity contribution in [3.05, 3.63) is 34.9 Å². The summed E-state index contributed by atoms with van der Waals surface area (Å²) in [4.78, 5) is 0. The fourth-order valence-electron chi connectivity index (χ4n) is 2.35. The summed E-state index contributed by atoms with van der Waals surface area (Å²) in [5.41, 5.74) is 4.79. The molecule has 1 rings (SSSR count). The molecule has 0 nitrogen and oxygen atoms in total. The lowest BCUT2D eigenvalue weighted by Crippen LogP contribution is -2.02. The zero-order chi connectivity index (χ0) is 12.0. The molecule has 0 N–H and O–H groups in total. The van der Waals surface area contributed by atoms with Crippen LogP contribution in [0.25, 0.3) is 0 Å². The molecular formula is C16H26. The molecule has 0 bridgehead atoms. The molecule has 0 radical (unpaired) electrons. The quantitative estimate of drug-likeness (QED) is 0.622. The molecule has 90 valence electrons. The minimum absolute atomic E-state index is 0.656. The molecule has 0 aliphatic heterocycles. The third kappa shape index (κ3) is 3.37. The Hall–Kier alpha value is -0.780. The lowest BCUT2D eigenvalue weighted by atomic mass is 9.89. The summed E-state index contributed by atoms with van der Waals surface area (Å²) in [5.74, 6) is 0.656. The maximum atomic E-state index is 2.33. The van der Waals surface area contributed by atoms with Crippen LogP contribution in [0, 0.1) is 0 Å². The number of aryl methyl sites for hydroxylation is 1. The molecule has 0 heterocycles. The Morgan fingerprint density at radius 1 is 1.00 bits per heavy atom. The van der Waals surface area contributed by atoms with Gasteiger partial charge in [0, 0.05) is 0 Å². The van der Waals surface area contributed by atoms with Crippen LogP contribution in [0.2, 0.25) is 0 Å². The molecule has 0 aliphatic rings. The van der Waals surface area contributed by atoms with Crippen LogP contribution in [0.15, 0.2) is 18.2 Å². The molecule has 0 saturated heterocycles. The Bertz CT molecular complexity index is 310. The van der Waals surface area contributed by atoms with Crippen molar-refractivity contribution in [2.75, 3.05) is 0 Å². The Labute approximate surface area is 101 Å². The van der Waals surface area contributed by atoms with Crippen LogP contribution >= 0.6 is 0 Å². The first kappa shape index (κ1) is 13.3. The number of rotatable bonds is 6. The highest BCUT2D eigenvalue weighted by atomic mass is 14.1. The van der Waals surface area contributed by atoms with Crippen LogP contribution in [0.4, 0.5) is 0 Å². The predicted octanol–water partition coefficient (Wildman–Crippen LogP) is 5.11. The van der Waals surface area contributed by atoms with Crippen LogP contribution in [0.5, 0.6) is 0 Å². The summed E-state index contributed by atoms with van der Waals surface area (Å²) >= 11 is 0. The molecule has 0 fully saturated rings. The average Bonchev–Trinajstić information content (AvgIpc) is 2.27. The van der Waals surface area contributed by atoms with Crippen LogP contribution in [0.3, 0.4) is 0 Å². The largest absolute Gasteiger partial charge is 0.0654 e. The van der Waals surface area contributed by atoms with Gasteiger partial charge in [-0.2, -0.15) is 0 Å². The molecule has 0 saturated carbocycles. The van der Waals surface area contributed by atoms with Gasteiger partial charge in [-0.1, -0.05) is 58.7 Å². The van der Waals surface area contributed by atoms with E-state index < -0.39 is 0 Å². The number of benzene rings is 1. The van der Waals surface area contributed by atoms with Gasteiger partial charge in [-0.15, -0.1) is 0 Å². The van der Waals surface area contributed by atoms with E-state index in [0.29, 0.717) is 5.92 Å². The van der Waals surface area contributed by atoms with Gasteiger partial charge in [0.25, 0.3) is 0 Å².